The van der Waals surface area contributed by atoms with E-state index in [0.29, 0.717) is 6.42 Å². The highest BCUT2D eigenvalue weighted by molar-refractivity contribution is 5.93. The second kappa shape index (κ2) is 9.80. The Balaban J connectivity index is 1.92. The third kappa shape index (κ3) is 5.32. The van der Waals surface area contributed by atoms with Gasteiger partial charge in [-0.3, -0.25) is 9.69 Å². The van der Waals surface area contributed by atoms with E-state index in [1.807, 2.05) is 42.2 Å². The van der Waals surface area contributed by atoms with Crippen molar-refractivity contribution in [1.29, 1.82) is 0 Å². The van der Waals surface area contributed by atoms with Gasteiger partial charge < -0.3 is 9.80 Å². The minimum atomic E-state index is 0.196. The number of benzene rings is 1. The molecule has 0 saturated carbocycles. The van der Waals surface area contributed by atoms with E-state index in [9.17, 15) is 4.79 Å². The van der Waals surface area contributed by atoms with Crippen molar-refractivity contribution in [3.05, 3.63) is 30.3 Å². The number of unbranched alkanes of at least 4 members (excludes halogenated alkanes) is 1. The third-order valence-corrected chi connectivity index (χ3v) is 4.86. The molecular weight excluding hydrogens is 298 g/mol. The molecule has 1 fully saturated rings. The summed E-state index contributed by atoms with van der Waals surface area (Å²) in [6, 6.07) is 10.3. The Morgan fingerprint density at radius 2 is 1.71 bits per heavy atom. The first-order valence-electron chi connectivity index (χ1n) is 9.47. The molecule has 134 valence electrons. The van der Waals surface area contributed by atoms with E-state index in [2.05, 4.69) is 23.6 Å². The minimum absolute atomic E-state index is 0.196. The lowest BCUT2D eigenvalue weighted by Gasteiger charge is -2.38. The van der Waals surface area contributed by atoms with E-state index in [4.69, 9.17) is 0 Å². The minimum Gasteiger partial charge on any atom is -0.308 e. The van der Waals surface area contributed by atoms with Crippen molar-refractivity contribution >= 4 is 11.6 Å². The van der Waals surface area contributed by atoms with Crippen molar-refractivity contribution < 1.29 is 4.79 Å². The highest BCUT2D eigenvalue weighted by Crippen LogP contribution is 2.19. The second-order valence-corrected chi connectivity index (χ2v) is 6.80. The van der Waals surface area contributed by atoms with Gasteiger partial charge in [0, 0.05) is 50.9 Å². The first-order valence-corrected chi connectivity index (χ1v) is 9.47. The van der Waals surface area contributed by atoms with E-state index < -0.39 is 0 Å². The third-order valence-electron chi connectivity index (χ3n) is 4.86. The van der Waals surface area contributed by atoms with Crippen molar-refractivity contribution in [3.8, 4) is 0 Å². The average molecular weight is 332 g/mol. The van der Waals surface area contributed by atoms with Crippen LogP contribution in [-0.2, 0) is 4.79 Å². The molecule has 0 bridgehead atoms. The molecule has 0 N–H and O–H groups in total. The molecule has 0 aromatic heterocycles. The average Bonchev–Trinajstić information content (AvgIpc) is 2.62. The SMILES string of the molecule is CCCCN1CCN(CC(C)N(C(=O)CC)c2ccccc2)CC1. The summed E-state index contributed by atoms with van der Waals surface area (Å²) < 4.78 is 0. The van der Waals surface area contributed by atoms with E-state index in [0.717, 1.165) is 38.4 Å². The monoisotopic (exact) mass is 331 g/mol. The van der Waals surface area contributed by atoms with Crippen molar-refractivity contribution in [2.24, 2.45) is 0 Å². The van der Waals surface area contributed by atoms with Crippen LogP contribution in [0.5, 0.6) is 0 Å². The maximum Gasteiger partial charge on any atom is 0.226 e. The molecule has 24 heavy (non-hydrogen) atoms. The zero-order valence-corrected chi connectivity index (χ0v) is 15.6. The number of carbonyl (C=O) groups excluding carboxylic acids is 1. The Morgan fingerprint density at radius 3 is 2.29 bits per heavy atom. The van der Waals surface area contributed by atoms with Gasteiger partial charge in [0.05, 0.1) is 0 Å². The lowest BCUT2D eigenvalue weighted by atomic mass is 10.1. The maximum absolute atomic E-state index is 12.5. The number of nitrogens with zero attached hydrogens (tertiary/aromatic N) is 3. The Kier molecular flexibility index (Phi) is 7.73. The summed E-state index contributed by atoms with van der Waals surface area (Å²) in [7, 11) is 0. The van der Waals surface area contributed by atoms with Gasteiger partial charge in [0.1, 0.15) is 0 Å². The van der Waals surface area contributed by atoms with Crippen LogP contribution < -0.4 is 4.90 Å². The Morgan fingerprint density at radius 1 is 1.08 bits per heavy atom. The highest BCUT2D eigenvalue weighted by atomic mass is 16.2. The predicted molar refractivity (Wildman–Crippen MR) is 101 cm³/mol. The first kappa shape index (κ1) is 18.9. The Labute approximate surface area is 147 Å². The summed E-state index contributed by atoms with van der Waals surface area (Å²) in [4.78, 5) is 19.5. The lowest BCUT2D eigenvalue weighted by molar-refractivity contribution is -0.118. The summed E-state index contributed by atoms with van der Waals surface area (Å²) in [5.41, 5.74) is 1.01. The fraction of sp³-hybridized carbons (Fsp3) is 0.650. The first-order chi connectivity index (χ1) is 11.7. The van der Waals surface area contributed by atoms with Gasteiger partial charge >= 0.3 is 0 Å². The molecule has 1 aromatic rings. The fourth-order valence-corrected chi connectivity index (χ4v) is 3.44. The molecule has 0 aliphatic carbocycles. The van der Waals surface area contributed by atoms with Gasteiger partial charge in [-0.2, -0.15) is 0 Å². The second-order valence-electron chi connectivity index (χ2n) is 6.80. The summed E-state index contributed by atoms with van der Waals surface area (Å²) >= 11 is 0. The molecule has 1 aromatic carbocycles. The molecule has 1 unspecified atom stereocenters. The van der Waals surface area contributed by atoms with Crippen LogP contribution in [-0.4, -0.2) is 61.0 Å². The number of carbonyl (C=O) groups is 1. The van der Waals surface area contributed by atoms with E-state index in [1.54, 1.807) is 0 Å². The fourth-order valence-electron chi connectivity index (χ4n) is 3.44. The highest BCUT2D eigenvalue weighted by Gasteiger charge is 2.24. The number of hydrogen-bond donors (Lipinski definition) is 0. The van der Waals surface area contributed by atoms with Crippen LogP contribution in [0.25, 0.3) is 0 Å². The van der Waals surface area contributed by atoms with E-state index in [1.165, 1.54) is 19.4 Å². The van der Waals surface area contributed by atoms with Crippen molar-refractivity contribution in [1.82, 2.24) is 9.80 Å². The molecule has 0 spiro atoms. The summed E-state index contributed by atoms with van der Waals surface area (Å²) in [6.45, 7) is 13.1. The van der Waals surface area contributed by atoms with Crippen molar-refractivity contribution in [3.63, 3.8) is 0 Å². The number of amides is 1. The van der Waals surface area contributed by atoms with Gasteiger partial charge in [0.2, 0.25) is 5.91 Å². The van der Waals surface area contributed by atoms with Gasteiger partial charge in [-0.05, 0) is 32.0 Å². The van der Waals surface area contributed by atoms with Crippen molar-refractivity contribution in [2.45, 2.75) is 46.1 Å². The Hall–Kier alpha value is -1.39. The molecule has 4 heteroatoms. The number of para-hydroxylation sites is 1. The summed E-state index contributed by atoms with van der Waals surface area (Å²) in [5, 5.41) is 0. The zero-order chi connectivity index (χ0) is 17.4. The molecule has 1 heterocycles. The number of rotatable bonds is 8. The molecule has 1 atom stereocenters. The standard InChI is InChI=1S/C20H33N3O/c1-4-6-12-21-13-15-22(16-14-21)17-18(3)23(20(24)5-2)19-10-8-7-9-11-19/h7-11,18H,4-6,12-17H2,1-3H3. The van der Waals surface area contributed by atoms with Gasteiger partial charge in [-0.15, -0.1) is 0 Å². The van der Waals surface area contributed by atoms with Gasteiger partial charge in [0.15, 0.2) is 0 Å². The quantitative estimate of drug-likeness (QED) is 0.732. The van der Waals surface area contributed by atoms with Crippen LogP contribution >= 0.6 is 0 Å². The Bertz CT molecular complexity index is 483. The van der Waals surface area contributed by atoms with Gasteiger partial charge in [-0.1, -0.05) is 38.5 Å². The van der Waals surface area contributed by atoms with Crippen molar-refractivity contribution in [2.75, 3.05) is 44.2 Å². The van der Waals surface area contributed by atoms with Crippen LogP contribution in [0, 0.1) is 0 Å². The van der Waals surface area contributed by atoms with Gasteiger partial charge in [-0.25, -0.2) is 0 Å². The van der Waals surface area contributed by atoms with Gasteiger partial charge in [0.25, 0.3) is 0 Å². The molecule has 1 amide bonds. The van der Waals surface area contributed by atoms with Crippen LogP contribution in [0.1, 0.15) is 40.0 Å². The topological polar surface area (TPSA) is 26.8 Å². The van der Waals surface area contributed by atoms with E-state index >= 15 is 0 Å². The molecule has 1 aliphatic rings. The van der Waals surface area contributed by atoms with Crippen LogP contribution in [0.4, 0.5) is 5.69 Å². The number of piperazine rings is 1. The lowest BCUT2D eigenvalue weighted by Crippen LogP contribution is -2.52. The molecule has 0 radical (unpaired) electrons. The molecular formula is C20H33N3O. The smallest absolute Gasteiger partial charge is 0.226 e. The molecule has 2 rings (SSSR count). The molecule has 1 saturated heterocycles. The summed E-state index contributed by atoms with van der Waals surface area (Å²) in [5.74, 6) is 0.204. The zero-order valence-electron chi connectivity index (χ0n) is 15.6. The molecule has 4 nitrogen and oxygen atoms in total. The number of anilines is 1. The summed E-state index contributed by atoms with van der Waals surface area (Å²) in [6.07, 6.45) is 3.11. The van der Waals surface area contributed by atoms with Crippen LogP contribution in [0.2, 0.25) is 0 Å². The van der Waals surface area contributed by atoms with E-state index in [-0.39, 0.29) is 11.9 Å². The van der Waals surface area contributed by atoms with Crippen LogP contribution in [0.15, 0.2) is 30.3 Å². The number of hydrogen-bond acceptors (Lipinski definition) is 3. The van der Waals surface area contributed by atoms with Crippen LogP contribution in [0.3, 0.4) is 0 Å². The molecule has 1 aliphatic heterocycles. The normalized spacial score (nSPS) is 17.6. The maximum atomic E-state index is 12.5. The predicted octanol–water partition coefficient (Wildman–Crippen LogP) is 3.24. The largest absolute Gasteiger partial charge is 0.308 e.